The van der Waals surface area contributed by atoms with Gasteiger partial charge in [-0.2, -0.15) is 0 Å². The van der Waals surface area contributed by atoms with Crippen molar-refractivity contribution in [2.45, 2.75) is 0 Å². The van der Waals surface area contributed by atoms with Gasteiger partial charge < -0.3 is 0 Å². The van der Waals surface area contributed by atoms with Gasteiger partial charge in [0.05, 0.1) is 0 Å². The van der Waals surface area contributed by atoms with Crippen molar-refractivity contribution in [2.75, 3.05) is 0 Å². The van der Waals surface area contributed by atoms with Gasteiger partial charge in [0.15, 0.2) is 0 Å². The van der Waals surface area contributed by atoms with Crippen LogP contribution >= 0.6 is 31.8 Å². The molecule has 2 heteroatoms. The van der Waals surface area contributed by atoms with Crippen LogP contribution in [-0.4, -0.2) is 0 Å². The van der Waals surface area contributed by atoms with Crippen LogP contribution in [0.2, 0.25) is 0 Å². The highest BCUT2D eigenvalue weighted by Gasteiger charge is 2.18. The Labute approximate surface area is 170 Å². The summed E-state index contributed by atoms with van der Waals surface area (Å²) in [7, 11) is 2.95. The Morgan fingerprint density at radius 3 is 1.46 bits per heavy atom. The van der Waals surface area contributed by atoms with Crippen LogP contribution in [0.4, 0.5) is 0 Å². The third kappa shape index (κ3) is 3.34. The number of halogens is 1. The quantitative estimate of drug-likeness (QED) is 0.231. The number of hydrogen-bond acceptors (Lipinski definition) is 0. The monoisotopic (exact) mass is 464 g/mol. The van der Waals surface area contributed by atoms with Crippen LogP contribution in [0.5, 0.6) is 0 Å². The summed E-state index contributed by atoms with van der Waals surface area (Å²) in [5.41, 5.74) is 7.57. The Hall–Kier alpha value is -1.96. The summed E-state index contributed by atoms with van der Waals surface area (Å²) in [6.45, 7) is 0. The summed E-state index contributed by atoms with van der Waals surface area (Å²) in [5, 5.41) is 1.25. The molecule has 0 saturated heterocycles. The molecule has 1 unspecified atom stereocenters. The second-order valence-corrected chi connectivity index (χ2v) is 7.91. The van der Waals surface area contributed by atoms with Crippen molar-refractivity contribution in [3.05, 3.63) is 101 Å². The molecule has 0 aromatic heterocycles. The highest BCUT2D eigenvalue weighted by Crippen LogP contribution is 2.41. The Morgan fingerprint density at radius 1 is 0.538 bits per heavy atom. The number of rotatable bonds is 3. The first kappa shape index (κ1) is 17.5. The number of benzene rings is 4. The van der Waals surface area contributed by atoms with Crippen molar-refractivity contribution in [3.8, 4) is 33.4 Å². The molecule has 0 saturated carbocycles. The summed E-state index contributed by atoms with van der Waals surface area (Å²) in [6.07, 6.45) is 0. The molecule has 0 amide bonds. The average Bonchev–Trinajstić information content (AvgIpc) is 2.71. The molecule has 26 heavy (non-hydrogen) atoms. The third-order valence-electron chi connectivity index (χ3n) is 4.53. The van der Waals surface area contributed by atoms with E-state index in [9.17, 15) is 0 Å². The first-order chi connectivity index (χ1) is 12.8. The summed E-state index contributed by atoms with van der Waals surface area (Å²) in [5.74, 6) is 0. The smallest absolute Gasteiger partial charge is 0.0214 e. The second-order valence-electron chi connectivity index (χ2n) is 6.17. The minimum absolute atomic E-state index is 1.24. The summed E-state index contributed by atoms with van der Waals surface area (Å²) in [4.78, 5) is 0. The molecule has 4 aromatic rings. The molecule has 4 aromatic carbocycles. The van der Waals surface area contributed by atoms with E-state index < -0.39 is 0 Å². The molecular formula is C24H18IP. The minimum atomic E-state index is 1.24. The second kappa shape index (κ2) is 7.73. The van der Waals surface area contributed by atoms with E-state index in [4.69, 9.17) is 0 Å². The lowest BCUT2D eigenvalue weighted by molar-refractivity contribution is 1.56. The maximum absolute atomic E-state index is 2.95. The van der Waals surface area contributed by atoms with Gasteiger partial charge in [-0.1, -0.05) is 91.0 Å². The van der Waals surface area contributed by atoms with Gasteiger partial charge in [0.1, 0.15) is 0 Å². The van der Waals surface area contributed by atoms with Gasteiger partial charge in [-0.3, -0.25) is 0 Å². The number of hydrogen-bond donors (Lipinski definition) is 0. The molecule has 0 N–H and O–H groups in total. The molecule has 0 heterocycles. The molecule has 0 nitrogen and oxygen atoms in total. The van der Waals surface area contributed by atoms with Crippen molar-refractivity contribution >= 4 is 37.1 Å². The summed E-state index contributed by atoms with van der Waals surface area (Å²) >= 11 is 2.44. The van der Waals surface area contributed by atoms with Gasteiger partial charge in [-0.05, 0) is 67.3 Å². The molecule has 4 rings (SSSR count). The predicted octanol–water partition coefficient (Wildman–Crippen LogP) is 6.79. The predicted molar refractivity (Wildman–Crippen MR) is 125 cm³/mol. The summed E-state index contributed by atoms with van der Waals surface area (Å²) in [6, 6.07) is 34.3. The van der Waals surface area contributed by atoms with Crippen LogP contribution in [0.3, 0.4) is 0 Å². The molecule has 1 atom stereocenters. The average molecular weight is 464 g/mol. The zero-order valence-electron chi connectivity index (χ0n) is 14.2. The zero-order chi connectivity index (χ0) is 17.9. The molecule has 0 aliphatic carbocycles. The van der Waals surface area contributed by atoms with E-state index in [1.807, 2.05) is 0 Å². The maximum atomic E-state index is 2.95. The van der Waals surface area contributed by atoms with E-state index >= 15 is 0 Å². The van der Waals surface area contributed by atoms with E-state index in [1.165, 1.54) is 42.3 Å². The lowest BCUT2D eigenvalue weighted by atomic mass is 9.87. The van der Waals surface area contributed by atoms with Gasteiger partial charge in [0.25, 0.3) is 0 Å². The maximum Gasteiger partial charge on any atom is 0.0214 e. The molecule has 0 aliphatic heterocycles. The fourth-order valence-electron chi connectivity index (χ4n) is 3.32. The standard InChI is InChI=1S/C24H18IP/c25-21-16-20(17-10-4-1-5-11-17)22(18-12-6-2-7-13-18)23(24(21)26)19-14-8-3-9-15-19/h1-16H,26H2. The molecule has 0 aliphatic rings. The van der Waals surface area contributed by atoms with Gasteiger partial charge in [-0.25, -0.2) is 0 Å². The van der Waals surface area contributed by atoms with E-state index in [1.54, 1.807) is 0 Å². The van der Waals surface area contributed by atoms with E-state index in [2.05, 4.69) is 129 Å². The first-order valence-electron chi connectivity index (χ1n) is 8.54. The van der Waals surface area contributed by atoms with Crippen molar-refractivity contribution in [2.24, 2.45) is 0 Å². The van der Waals surface area contributed by atoms with Crippen LogP contribution < -0.4 is 5.30 Å². The van der Waals surface area contributed by atoms with Crippen LogP contribution in [0.15, 0.2) is 97.1 Å². The van der Waals surface area contributed by atoms with Gasteiger partial charge in [0.2, 0.25) is 0 Å². The Bertz CT molecular complexity index is 1030. The van der Waals surface area contributed by atoms with Crippen molar-refractivity contribution in [3.63, 3.8) is 0 Å². The van der Waals surface area contributed by atoms with Crippen molar-refractivity contribution in [1.82, 2.24) is 0 Å². The van der Waals surface area contributed by atoms with Crippen LogP contribution in [-0.2, 0) is 0 Å². The molecule has 0 radical (unpaired) electrons. The van der Waals surface area contributed by atoms with Crippen LogP contribution in [0.1, 0.15) is 0 Å². The van der Waals surface area contributed by atoms with Crippen LogP contribution in [0.25, 0.3) is 33.4 Å². The van der Waals surface area contributed by atoms with Gasteiger partial charge in [0, 0.05) is 3.57 Å². The Kier molecular flexibility index (Phi) is 5.19. The third-order valence-corrected chi connectivity index (χ3v) is 6.61. The van der Waals surface area contributed by atoms with Crippen molar-refractivity contribution in [1.29, 1.82) is 0 Å². The highest BCUT2D eigenvalue weighted by atomic mass is 127. The van der Waals surface area contributed by atoms with E-state index in [-0.39, 0.29) is 0 Å². The van der Waals surface area contributed by atoms with Crippen LogP contribution in [0, 0.1) is 3.57 Å². The Morgan fingerprint density at radius 2 is 0.962 bits per heavy atom. The molecule has 0 spiro atoms. The summed E-state index contributed by atoms with van der Waals surface area (Å²) < 4.78 is 1.25. The lowest BCUT2D eigenvalue weighted by Gasteiger charge is -2.20. The largest absolute Gasteiger partial charge is 0.104 e. The SMILES string of the molecule is Pc1c(I)cc(-c2ccccc2)c(-c2ccccc2)c1-c1ccccc1. The lowest BCUT2D eigenvalue weighted by Crippen LogP contribution is -2.06. The topological polar surface area (TPSA) is 0 Å². The molecule has 0 bridgehead atoms. The highest BCUT2D eigenvalue weighted by molar-refractivity contribution is 14.1. The fourth-order valence-corrected chi connectivity index (χ4v) is 4.30. The van der Waals surface area contributed by atoms with Gasteiger partial charge in [-0.15, -0.1) is 9.24 Å². The normalized spacial score (nSPS) is 10.7. The van der Waals surface area contributed by atoms with Crippen molar-refractivity contribution < 1.29 is 0 Å². The molecular weight excluding hydrogens is 446 g/mol. The zero-order valence-corrected chi connectivity index (χ0v) is 17.5. The molecule has 126 valence electrons. The fraction of sp³-hybridized carbons (Fsp3) is 0. The van der Waals surface area contributed by atoms with E-state index in [0.29, 0.717) is 0 Å². The van der Waals surface area contributed by atoms with Gasteiger partial charge >= 0.3 is 0 Å². The Balaban J connectivity index is 2.12. The van der Waals surface area contributed by atoms with E-state index in [0.717, 1.165) is 0 Å². The molecule has 0 fully saturated rings. The minimum Gasteiger partial charge on any atom is -0.104 e. The first-order valence-corrected chi connectivity index (χ1v) is 10.2.